The van der Waals surface area contributed by atoms with E-state index in [0.29, 0.717) is 0 Å². The number of benzene rings is 1. The summed E-state index contributed by atoms with van der Waals surface area (Å²) >= 11 is 3.51. The molecule has 1 heterocycles. The Kier molecular flexibility index (Phi) is 3.14. The van der Waals surface area contributed by atoms with Gasteiger partial charge in [0.1, 0.15) is 5.60 Å². The summed E-state index contributed by atoms with van der Waals surface area (Å²) in [6.07, 6.45) is 1.90. The van der Waals surface area contributed by atoms with Crippen LogP contribution in [0.2, 0.25) is 0 Å². The number of piperidine rings is 1. The van der Waals surface area contributed by atoms with Gasteiger partial charge < -0.3 is 10.0 Å². The minimum Gasteiger partial charge on any atom is -0.384 e. The number of hydrogen-bond acceptors (Lipinski definition) is 2. The third kappa shape index (κ3) is 2.25. The van der Waals surface area contributed by atoms with Crippen LogP contribution in [0.1, 0.15) is 18.4 Å². The van der Waals surface area contributed by atoms with Crippen molar-refractivity contribution in [1.82, 2.24) is 4.90 Å². The number of aliphatic hydroxyl groups is 1. The third-order valence-electron chi connectivity index (χ3n) is 3.04. The number of nitrogens with zero attached hydrogens (tertiary/aromatic N) is 1. The fraction of sp³-hybridized carbons (Fsp3) is 0.500. The maximum Gasteiger partial charge on any atom is 0.103 e. The van der Waals surface area contributed by atoms with Crippen LogP contribution in [0.15, 0.2) is 28.7 Å². The molecule has 2 rings (SSSR count). The smallest absolute Gasteiger partial charge is 0.103 e. The lowest BCUT2D eigenvalue weighted by Gasteiger charge is -2.38. The molecule has 15 heavy (non-hydrogen) atoms. The van der Waals surface area contributed by atoms with E-state index in [2.05, 4.69) is 27.9 Å². The van der Waals surface area contributed by atoms with Crippen LogP contribution in [0.4, 0.5) is 0 Å². The Morgan fingerprint density at radius 3 is 2.80 bits per heavy atom. The number of rotatable bonds is 1. The van der Waals surface area contributed by atoms with Crippen LogP contribution < -0.4 is 0 Å². The molecule has 1 aliphatic heterocycles. The highest BCUT2D eigenvalue weighted by atomic mass is 79.9. The maximum absolute atomic E-state index is 10.6. The van der Waals surface area contributed by atoms with Gasteiger partial charge in [0.25, 0.3) is 0 Å². The Morgan fingerprint density at radius 1 is 1.40 bits per heavy atom. The van der Waals surface area contributed by atoms with E-state index in [0.717, 1.165) is 36.0 Å². The minimum absolute atomic E-state index is 0.687. The van der Waals surface area contributed by atoms with Gasteiger partial charge in [-0.1, -0.05) is 34.1 Å². The second kappa shape index (κ2) is 4.24. The van der Waals surface area contributed by atoms with E-state index >= 15 is 0 Å². The lowest BCUT2D eigenvalue weighted by atomic mass is 9.86. The van der Waals surface area contributed by atoms with Crippen molar-refractivity contribution in [3.8, 4) is 0 Å². The van der Waals surface area contributed by atoms with E-state index in [4.69, 9.17) is 0 Å². The molecule has 1 saturated heterocycles. The van der Waals surface area contributed by atoms with E-state index in [9.17, 15) is 5.11 Å². The van der Waals surface area contributed by atoms with Gasteiger partial charge in [0.15, 0.2) is 0 Å². The molecule has 3 heteroatoms. The van der Waals surface area contributed by atoms with Gasteiger partial charge in [0.2, 0.25) is 0 Å². The number of likely N-dealkylation sites (tertiary alicyclic amines) is 1. The van der Waals surface area contributed by atoms with Gasteiger partial charge in [0.05, 0.1) is 0 Å². The summed E-state index contributed by atoms with van der Waals surface area (Å²) in [5.74, 6) is 0. The van der Waals surface area contributed by atoms with E-state index < -0.39 is 5.60 Å². The van der Waals surface area contributed by atoms with E-state index in [1.165, 1.54) is 0 Å². The van der Waals surface area contributed by atoms with Gasteiger partial charge >= 0.3 is 0 Å². The van der Waals surface area contributed by atoms with Crippen molar-refractivity contribution in [2.75, 3.05) is 20.1 Å². The lowest BCUT2D eigenvalue weighted by molar-refractivity contribution is -0.0283. The van der Waals surface area contributed by atoms with Crippen molar-refractivity contribution in [2.24, 2.45) is 0 Å². The van der Waals surface area contributed by atoms with Gasteiger partial charge in [0, 0.05) is 11.0 Å². The fourth-order valence-electron chi connectivity index (χ4n) is 2.30. The molecule has 1 aromatic carbocycles. The van der Waals surface area contributed by atoms with Crippen molar-refractivity contribution in [1.29, 1.82) is 0 Å². The number of halogens is 1. The third-order valence-corrected chi connectivity index (χ3v) is 3.73. The number of hydrogen-bond donors (Lipinski definition) is 1. The Labute approximate surface area is 99.0 Å². The highest BCUT2D eigenvalue weighted by molar-refractivity contribution is 9.10. The Balaban J connectivity index is 2.32. The Morgan fingerprint density at radius 2 is 2.13 bits per heavy atom. The first kappa shape index (κ1) is 11.1. The summed E-state index contributed by atoms with van der Waals surface area (Å²) in [4.78, 5) is 2.18. The van der Waals surface area contributed by atoms with Crippen molar-refractivity contribution in [3.05, 3.63) is 34.3 Å². The summed E-state index contributed by atoms with van der Waals surface area (Å²) in [6, 6.07) is 7.95. The van der Waals surface area contributed by atoms with E-state index in [-0.39, 0.29) is 0 Å². The average Bonchev–Trinajstić information content (AvgIpc) is 2.17. The van der Waals surface area contributed by atoms with Gasteiger partial charge in [-0.05, 0) is 38.1 Å². The first-order chi connectivity index (χ1) is 7.12. The predicted octanol–water partition coefficient (Wildman–Crippen LogP) is 2.36. The monoisotopic (exact) mass is 269 g/mol. The zero-order valence-corrected chi connectivity index (χ0v) is 10.5. The largest absolute Gasteiger partial charge is 0.384 e. The molecule has 0 aromatic heterocycles. The van der Waals surface area contributed by atoms with Gasteiger partial charge in [-0.3, -0.25) is 0 Å². The van der Waals surface area contributed by atoms with Crippen molar-refractivity contribution < 1.29 is 5.11 Å². The summed E-state index contributed by atoms with van der Waals surface area (Å²) in [7, 11) is 2.06. The van der Waals surface area contributed by atoms with Gasteiger partial charge in [-0.15, -0.1) is 0 Å². The molecule has 0 bridgehead atoms. The van der Waals surface area contributed by atoms with E-state index in [1.807, 2.05) is 24.3 Å². The normalized spacial score (nSPS) is 27.9. The van der Waals surface area contributed by atoms with Gasteiger partial charge in [-0.2, -0.15) is 0 Å². The molecule has 1 unspecified atom stereocenters. The van der Waals surface area contributed by atoms with Crippen molar-refractivity contribution >= 4 is 15.9 Å². The lowest BCUT2D eigenvalue weighted by Crippen LogP contribution is -2.44. The van der Waals surface area contributed by atoms with Crippen LogP contribution in [0, 0.1) is 0 Å². The molecule has 1 fully saturated rings. The standard InChI is InChI=1S/C12H16BrNO/c1-14-8-4-7-12(15,9-14)10-5-2-3-6-11(10)13/h2-3,5-6,15H,4,7-9H2,1H3. The van der Waals surface area contributed by atoms with Crippen LogP contribution in [0.5, 0.6) is 0 Å². The molecule has 2 nitrogen and oxygen atoms in total. The van der Waals surface area contributed by atoms with Crippen LogP contribution in [-0.4, -0.2) is 30.1 Å². The first-order valence-electron chi connectivity index (χ1n) is 5.28. The van der Waals surface area contributed by atoms with E-state index in [1.54, 1.807) is 0 Å². The van der Waals surface area contributed by atoms with Gasteiger partial charge in [-0.25, -0.2) is 0 Å². The first-order valence-corrected chi connectivity index (χ1v) is 6.07. The molecule has 1 N–H and O–H groups in total. The molecule has 0 spiro atoms. The fourth-order valence-corrected chi connectivity index (χ4v) is 2.96. The Bertz CT molecular complexity index is 355. The highest BCUT2D eigenvalue weighted by Crippen LogP contribution is 2.35. The number of β-amino-alcohol motifs (C(OH)–C–C–N with tert-alkyl or cyclic N) is 1. The zero-order chi connectivity index (χ0) is 10.9. The van der Waals surface area contributed by atoms with Crippen LogP contribution in [-0.2, 0) is 5.60 Å². The van der Waals surface area contributed by atoms with Crippen LogP contribution in [0.3, 0.4) is 0 Å². The quantitative estimate of drug-likeness (QED) is 0.846. The average molecular weight is 270 g/mol. The molecule has 82 valence electrons. The molecule has 1 aromatic rings. The molecule has 1 atom stereocenters. The summed E-state index contributed by atoms with van der Waals surface area (Å²) in [5, 5.41) is 10.6. The van der Waals surface area contributed by atoms with Crippen LogP contribution in [0.25, 0.3) is 0 Å². The van der Waals surface area contributed by atoms with Crippen LogP contribution >= 0.6 is 15.9 Å². The molecule has 0 amide bonds. The summed E-state index contributed by atoms with van der Waals surface area (Å²) < 4.78 is 1.00. The van der Waals surface area contributed by atoms with Crippen molar-refractivity contribution in [2.45, 2.75) is 18.4 Å². The second-order valence-electron chi connectivity index (χ2n) is 4.35. The highest BCUT2D eigenvalue weighted by Gasteiger charge is 2.34. The summed E-state index contributed by atoms with van der Waals surface area (Å²) in [6.45, 7) is 1.79. The molecule has 0 aliphatic carbocycles. The molecular formula is C12H16BrNO. The molecular weight excluding hydrogens is 254 g/mol. The SMILES string of the molecule is CN1CCCC(O)(c2ccccc2Br)C1. The van der Waals surface area contributed by atoms with Crippen molar-refractivity contribution in [3.63, 3.8) is 0 Å². The maximum atomic E-state index is 10.6. The molecule has 1 aliphatic rings. The number of likely N-dealkylation sites (N-methyl/N-ethyl adjacent to an activating group) is 1. The topological polar surface area (TPSA) is 23.5 Å². The minimum atomic E-state index is -0.687. The zero-order valence-electron chi connectivity index (χ0n) is 8.91. The summed E-state index contributed by atoms with van der Waals surface area (Å²) in [5.41, 5.74) is 0.323. The Hall–Kier alpha value is -0.380. The molecule has 0 radical (unpaired) electrons. The predicted molar refractivity (Wildman–Crippen MR) is 64.8 cm³/mol. The molecule has 0 saturated carbocycles. The second-order valence-corrected chi connectivity index (χ2v) is 5.21.